The fraction of sp³-hybridized carbons (Fsp3) is 0.385. The number of benzene rings is 1. The van der Waals surface area contributed by atoms with E-state index in [1.807, 2.05) is 0 Å². The van der Waals surface area contributed by atoms with Crippen molar-refractivity contribution < 1.29 is 28.8 Å². The number of hydrogen-bond donors (Lipinski definition) is 0. The van der Waals surface area contributed by atoms with Gasteiger partial charge in [-0.2, -0.15) is 4.89 Å². The third kappa shape index (κ3) is 3.75. The van der Waals surface area contributed by atoms with Crippen LogP contribution in [-0.4, -0.2) is 33.9 Å². The zero-order chi connectivity index (χ0) is 14.3. The van der Waals surface area contributed by atoms with Crippen molar-refractivity contribution in [3.05, 3.63) is 24.6 Å². The van der Waals surface area contributed by atoms with E-state index in [0.717, 1.165) is 0 Å². The molecule has 0 bridgehead atoms. The van der Waals surface area contributed by atoms with E-state index in [4.69, 9.17) is 14.2 Å². The average molecular weight is 269 g/mol. The molecule has 0 saturated carbocycles. The van der Waals surface area contributed by atoms with Gasteiger partial charge in [0, 0.05) is 0 Å². The summed E-state index contributed by atoms with van der Waals surface area (Å²) in [5.74, 6) is 0.491. The van der Waals surface area contributed by atoms with Crippen molar-refractivity contribution >= 4 is 5.97 Å². The molecule has 19 heavy (non-hydrogen) atoms. The van der Waals surface area contributed by atoms with E-state index in [0.29, 0.717) is 23.7 Å². The van der Waals surface area contributed by atoms with Gasteiger partial charge in [-0.1, -0.05) is 6.92 Å². The molecule has 0 N–H and O–H groups in total. The first-order valence-electron chi connectivity index (χ1n) is 5.61. The van der Waals surface area contributed by atoms with Gasteiger partial charge in [0.15, 0.2) is 11.5 Å². The van der Waals surface area contributed by atoms with Crippen LogP contribution in [0.25, 0.3) is 0 Å². The minimum Gasteiger partial charge on any atom is -0.493 e. The maximum atomic E-state index is 11.7. The molecule has 0 aliphatic carbocycles. The van der Waals surface area contributed by atoms with Crippen molar-refractivity contribution in [3.8, 4) is 17.2 Å². The summed E-state index contributed by atoms with van der Waals surface area (Å²) in [6.07, 6.45) is 0.503. The third-order valence-electron chi connectivity index (χ3n) is 2.26. The number of rotatable bonds is 7. The number of carbonyl (C=O) groups excluding carboxylic acids is 1. The van der Waals surface area contributed by atoms with E-state index in [2.05, 4.69) is 16.7 Å². The summed E-state index contributed by atoms with van der Waals surface area (Å²) in [5.41, 5.74) is 0.235. The zero-order valence-electron chi connectivity index (χ0n) is 11.2. The van der Waals surface area contributed by atoms with E-state index in [9.17, 15) is 4.79 Å². The fourth-order valence-electron chi connectivity index (χ4n) is 1.40. The van der Waals surface area contributed by atoms with E-state index >= 15 is 0 Å². The van der Waals surface area contributed by atoms with E-state index in [1.165, 1.54) is 33.5 Å². The Hall–Kier alpha value is -1.95. The topological polar surface area (TPSA) is 63.2 Å². The molecule has 1 rings (SSSR count). The molecule has 0 heterocycles. The normalized spacial score (nSPS) is 9.89. The van der Waals surface area contributed by atoms with Crippen LogP contribution in [0.1, 0.15) is 16.8 Å². The SMILES string of the molecule is [CH2]CCOOC(=O)c1cc(OC)c(OC)c(OC)c1. The monoisotopic (exact) mass is 269 g/mol. The molecule has 0 aliphatic rings. The predicted molar refractivity (Wildman–Crippen MR) is 67.4 cm³/mol. The van der Waals surface area contributed by atoms with Crippen LogP contribution in [-0.2, 0) is 9.78 Å². The first-order chi connectivity index (χ1) is 9.17. The minimum atomic E-state index is -0.646. The van der Waals surface area contributed by atoms with E-state index in [-0.39, 0.29) is 12.2 Å². The molecule has 0 aliphatic heterocycles. The lowest BCUT2D eigenvalue weighted by molar-refractivity contribution is -0.239. The highest BCUT2D eigenvalue weighted by molar-refractivity contribution is 5.90. The van der Waals surface area contributed by atoms with E-state index in [1.54, 1.807) is 0 Å². The van der Waals surface area contributed by atoms with Gasteiger partial charge < -0.3 is 14.2 Å². The lowest BCUT2D eigenvalue weighted by Gasteiger charge is -2.13. The molecule has 0 aromatic heterocycles. The Labute approximate surface area is 112 Å². The molecule has 1 aromatic carbocycles. The predicted octanol–water partition coefficient (Wildman–Crippen LogP) is 2.02. The largest absolute Gasteiger partial charge is 0.493 e. The molecule has 6 nitrogen and oxygen atoms in total. The molecular weight excluding hydrogens is 252 g/mol. The van der Waals surface area contributed by atoms with Gasteiger partial charge in [0.05, 0.1) is 33.5 Å². The minimum absolute atomic E-state index is 0.232. The summed E-state index contributed by atoms with van der Waals surface area (Å²) < 4.78 is 15.4. The molecule has 0 fully saturated rings. The van der Waals surface area contributed by atoms with Crippen molar-refractivity contribution in [1.82, 2.24) is 0 Å². The van der Waals surface area contributed by atoms with Crippen LogP contribution in [0.2, 0.25) is 0 Å². The Bertz CT molecular complexity index is 404. The van der Waals surface area contributed by atoms with Gasteiger partial charge in [-0.25, -0.2) is 4.79 Å². The van der Waals surface area contributed by atoms with Gasteiger partial charge in [-0.3, -0.25) is 4.89 Å². The Morgan fingerprint density at radius 3 is 2.11 bits per heavy atom. The highest BCUT2D eigenvalue weighted by atomic mass is 17.2. The van der Waals surface area contributed by atoms with Gasteiger partial charge in [-0.15, -0.1) is 0 Å². The molecule has 105 valence electrons. The number of carbonyl (C=O) groups is 1. The van der Waals surface area contributed by atoms with Crippen molar-refractivity contribution in [1.29, 1.82) is 0 Å². The molecule has 1 aromatic rings. The highest BCUT2D eigenvalue weighted by Crippen LogP contribution is 2.38. The Balaban J connectivity index is 2.98. The van der Waals surface area contributed by atoms with E-state index < -0.39 is 5.97 Å². The molecule has 0 unspecified atom stereocenters. The number of hydrogen-bond acceptors (Lipinski definition) is 6. The summed E-state index contributed by atoms with van der Waals surface area (Å²) >= 11 is 0. The third-order valence-corrected chi connectivity index (χ3v) is 2.26. The Morgan fingerprint density at radius 2 is 1.68 bits per heavy atom. The van der Waals surface area contributed by atoms with Gasteiger partial charge in [0.25, 0.3) is 0 Å². The van der Waals surface area contributed by atoms with Gasteiger partial charge in [-0.05, 0) is 18.6 Å². The lowest BCUT2D eigenvalue weighted by Crippen LogP contribution is -2.08. The molecule has 6 heteroatoms. The summed E-state index contributed by atoms with van der Waals surface area (Å²) in [6, 6.07) is 2.97. The fourth-order valence-corrected chi connectivity index (χ4v) is 1.40. The van der Waals surface area contributed by atoms with Crippen LogP contribution in [0, 0.1) is 6.92 Å². The summed E-state index contributed by atoms with van der Waals surface area (Å²) in [7, 11) is 4.41. The summed E-state index contributed by atoms with van der Waals surface area (Å²) in [5, 5.41) is 0. The maximum absolute atomic E-state index is 11.7. The van der Waals surface area contributed by atoms with Crippen molar-refractivity contribution in [2.45, 2.75) is 6.42 Å². The Kier molecular flexibility index (Phi) is 5.95. The standard InChI is InChI=1S/C13H17O6/c1-5-6-18-19-13(14)9-7-10(15-2)12(17-4)11(8-9)16-3/h7-8H,1,5-6H2,2-4H3. The average Bonchev–Trinajstić information content (AvgIpc) is 2.45. The van der Waals surface area contributed by atoms with Crippen LogP contribution in [0.4, 0.5) is 0 Å². The van der Waals surface area contributed by atoms with Gasteiger partial charge in [0.2, 0.25) is 5.75 Å². The van der Waals surface area contributed by atoms with Crippen molar-refractivity contribution in [2.75, 3.05) is 27.9 Å². The quantitative estimate of drug-likeness (QED) is 0.429. The molecule has 0 amide bonds. The number of methoxy groups -OCH3 is 3. The van der Waals surface area contributed by atoms with Crippen LogP contribution in [0.15, 0.2) is 12.1 Å². The molecule has 0 spiro atoms. The van der Waals surface area contributed by atoms with Crippen LogP contribution in [0.3, 0.4) is 0 Å². The second-order valence-corrected chi connectivity index (χ2v) is 3.46. The Morgan fingerprint density at radius 1 is 1.11 bits per heavy atom. The van der Waals surface area contributed by atoms with Crippen LogP contribution >= 0.6 is 0 Å². The first kappa shape index (κ1) is 15.1. The molecule has 0 saturated heterocycles. The smallest absolute Gasteiger partial charge is 0.373 e. The summed E-state index contributed by atoms with van der Waals surface area (Å²) in [4.78, 5) is 21.0. The van der Waals surface area contributed by atoms with Crippen LogP contribution in [0.5, 0.6) is 17.2 Å². The van der Waals surface area contributed by atoms with Crippen LogP contribution < -0.4 is 14.2 Å². The number of ether oxygens (including phenoxy) is 3. The second-order valence-electron chi connectivity index (χ2n) is 3.46. The van der Waals surface area contributed by atoms with Crippen molar-refractivity contribution in [2.24, 2.45) is 0 Å². The van der Waals surface area contributed by atoms with Gasteiger partial charge >= 0.3 is 5.97 Å². The molecular formula is C13H17O6. The lowest BCUT2D eigenvalue weighted by atomic mass is 10.2. The second kappa shape index (κ2) is 7.48. The van der Waals surface area contributed by atoms with Crippen molar-refractivity contribution in [3.63, 3.8) is 0 Å². The van der Waals surface area contributed by atoms with Gasteiger partial charge in [0.1, 0.15) is 0 Å². The first-order valence-corrected chi connectivity index (χ1v) is 5.61. The summed E-state index contributed by atoms with van der Waals surface area (Å²) in [6.45, 7) is 3.79. The molecule has 0 atom stereocenters. The zero-order valence-corrected chi connectivity index (χ0v) is 11.2. The highest BCUT2D eigenvalue weighted by Gasteiger charge is 2.18. The maximum Gasteiger partial charge on any atom is 0.373 e. The molecule has 1 radical (unpaired) electrons.